The van der Waals surface area contributed by atoms with Crippen molar-refractivity contribution in [3.8, 4) is 17.2 Å². The molecule has 0 spiro atoms. The number of pyridine rings is 1. The molecule has 144 valence electrons. The summed E-state index contributed by atoms with van der Waals surface area (Å²) in [6.07, 6.45) is 4.26. The highest BCUT2D eigenvalue weighted by Gasteiger charge is 2.17. The molecule has 29 heavy (non-hydrogen) atoms. The van der Waals surface area contributed by atoms with Crippen molar-refractivity contribution in [1.82, 2.24) is 9.97 Å². The molecule has 0 aliphatic carbocycles. The van der Waals surface area contributed by atoms with Crippen molar-refractivity contribution in [3.05, 3.63) is 71.9 Å². The van der Waals surface area contributed by atoms with Crippen molar-refractivity contribution < 1.29 is 9.59 Å². The Bertz CT molecular complexity index is 1100. The van der Waals surface area contributed by atoms with Gasteiger partial charge in [0.1, 0.15) is 16.8 Å². The minimum atomic E-state index is -0.413. The number of hydrogen-bond donors (Lipinski definition) is 2. The summed E-state index contributed by atoms with van der Waals surface area (Å²) >= 11 is 1.13. The maximum Gasteiger partial charge on any atom is 0.248 e. The first-order valence-corrected chi connectivity index (χ1v) is 9.48. The van der Waals surface area contributed by atoms with E-state index in [1.165, 1.54) is 12.3 Å². The summed E-state index contributed by atoms with van der Waals surface area (Å²) < 4.78 is 0. The lowest BCUT2D eigenvalue weighted by Gasteiger charge is -2.13. The monoisotopic (exact) mass is 403 g/mol. The van der Waals surface area contributed by atoms with E-state index in [0.29, 0.717) is 15.8 Å². The molecule has 1 unspecified atom stereocenters. The van der Waals surface area contributed by atoms with Crippen LogP contribution in [-0.4, -0.2) is 21.8 Å². The molecule has 0 radical (unpaired) electrons. The predicted octanol–water partition coefficient (Wildman–Crippen LogP) is 3.94. The van der Waals surface area contributed by atoms with E-state index in [2.05, 4.69) is 27.2 Å². The quantitative estimate of drug-likeness (QED) is 0.606. The lowest BCUT2D eigenvalue weighted by molar-refractivity contribution is -0.117. The summed E-state index contributed by atoms with van der Waals surface area (Å²) in [5.74, 6) is -0.512. The molecule has 0 fully saturated rings. The predicted molar refractivity (Wildman–Crippen MR) is 112 cm³/mol. The van der Waals surface area contributed by atoms with E-state index in [0.717, 1.165) is 28.0 Å². The van der Waals surface area contributed by atoms with E-state index >= 15 is 0 Å². The SMILES string of the molecule is C=CC(=O)Nc1ccc(-c2cccc(C(C)C(=O)Nc3ncc(C#N)s3)c2)cn1. The number of anilines is 2. The summed E-state index contributed by atoms with van der Waals surface area (Å²) in [6, 6.07) is 13.1. The van der Waals surface area contributed by atoms with E-state index in [1.54, 1.807) is 19.2 Å². The molecule has 0 bridgehead atoms. The van der Waals surface area contributed by atoms with Gasteiger partial charge in [0.25, 0.3) is 0 Å². The fourth-order valence-corrected chi connectivity index (χ4v) is 3.17. The average Bonchev–Trinajstić information content (AvgIpc) is 3.21. The first kappa shape index (κ1) is 19.9. The number of carbonyl (C=O) groups is 2. The van der Waals surface area contributed by atoms with Gasteiger partial charge in [-0.05, 0) is 36.3 Å². The molecule has 3 rings (SSSR count). The highest BCUT2D eigenvalue weighted by molar-refractivity contribution is 7.16. The Morgan fingerprint density at radius 1 is 1.17 bits per heavy atom. The Morgan fingerprint density at radius 2 is 2.00 bits per heavy atom. The average molecular weight is 403 g/mol. The number of amides is 2. The van der Waals surface area contributed by atoms with Crippen molar-refractivity contribution in [3.63, 3.8) is 0 Å². The Morgan fingerprint density at radius 3 is 2.66 bits per heavy atom. The number of rotatable bonds is 6. The number of hydrogen-bond acceptors (Lipinski definition) is 6. The molecule has 7 nitrogen and oxygen atoms in total. The standard InChI is InChI=1S/C21H17N5O2S/c1-3-19(27)25-18-8-7-16(11-23-18)15-6-4-5-14(9-15)13(2)20(28)26-21-24-12-17(10-22)29-21/h3-9,11-13H,1H2,2H3,(H,23,25,27)(H,24,26,28). The second kappa shape index (κ2) is 8.91. The van der Waals surface area contributed by atoms with Gasteiger partial charge in [0, 0.05) is 11.8 Å². The summed E-state index contributed by atoms with van der Waals surface area (Å²) in [6.45, 7) is 5.21. The van der Waals surface area contributed by atoms with Crippen molar-refractivity contribution in [2.75, 3.05) is 10.6 Å². The number of nitrogens with one attached hydrogen (secondary N) is 2. The minimum Gasteiger partial charge on any atom is -0.307 e. The van der Waals surface area contributed by atoms with Crippen LogP contribution in [0.25, 0.3) is 11.1 Å². The van der Waals surface area contributed by atoms with Gasteiger partial charge in [0.15, 0.2) is 5.13 Å². The Labute approximate surface area is 171 Å². The topological polar surface area (TPSA) is 108 Å². The molecule has 2 aromatic heterocycles. The van der Waals surface area contributed by atoms with Crippen LogP contribution in [0.4, 0.5) is 10.9 Å². The van der Waals surface area contributed by atoms with Crippen LogP contribution in [0.15, 0.2) is 61.4 Å². The van der Waals surface area contributed by atoms with Crippen molar-refractivity contribution in [2.45, 2.75) is 12.8 Å². The lowest BCUT2D eigenvalue weighted by Crippen LogP contribution is -2.18. The zero-order chi connectivity index (χ0) is 20.8. The van der Waals surface area contributed by atoms with Crippen LogP contribution in [0.3, 0.4) is 0 Å². The summed E-state index contributed by atoms with van der Waals surface area (Å²) in [7, 11) is 0. The van der Waals surface area contributed by atoms with Crippen LogP contribution in [-0.2, 0) is 9.59 Å². The molecule has 0 saturated heterocycles. The van der Waals surface area contributed by atoms with Crippen molar-refractivity contribution in [2.24, 2.45) is 0 Å². The molecular formula is C21H17N5O2S. The molecule has 8 heteroatoms. The van der Waals surface area contributed by atoms with Crippen LogP contribution >= 0.6 is 11.3 Å². The fourth-order valence-electron chi connectivity index (χ4n) is 2.55. The Kier molecular flexibility index (Phi) is 6.12. The third-order valence-corrected chi connectivity index (χ3v) is 4.98. The number of thiazole rings is 1. The van der Waals surface area contributed by atoms with Gasteiger partial charge in [-0.2, -0.15) is 5.26 Å². The molecule has 1 aromatic carbocycles. The first-order chi connectivity index (χ1) is 14.0. The number of benzene rings is 1. The fraction of sp³-hybridized carbons (Fsp3) is 0.0952. The van der Waals surface area contributed by atoms with E-state index in [1.807, 2.05) is 36.4 Å². The smallest absolute Gasteiger partial charge is 0.248 e. The van der Waals surface area contributed by atoms with Crippen LogP contribution in [0.1, 0.15) is 23.3 Å². The molecule has 3 aromatic rings. The van der Waals surface area contributed by atoms with E-state index in [-0.39, 0.29) is 11.8 Å². The molecule has 2 heterocycles. The highest BCUT2D eigenvalue weighted by Crippen LogP contribution is 2.26. The molecule has 0 aliphatic heterocycles. The van der Waals surface area contributed by atoms with Crippen LogP contribution in [0.5, 0.6) is 0 Å². The number of nitriles is 1. The molecule has 1 atom stereocenters. The van der Waals surface area contributed by atoms with Crippen LogP contribution in [0, 0.1) is 11.3 Å². The normalized spacial score (nSPS) is 11.2. The second-order valence-electron chi connectivity index (χ2n) is 6.10. The summed E-state index contributed by atoms with van der Waals surface area (Å²) in [5, 5.41) is 14.6. The van der Waals surface area contributed by atoms with Gasteiger partial charge < -0.3 is 10.6 Å². The third kappa shape index (κ3) is 4.91. The molecule has 0 aliphatic rings. The van der Waals surface area contributed by atoms with Crippen LogP contribution < -0.4 is 10.6 Å². The third-order valence-electron chi connectivity index (χ3n) is 4.16. The lowest BCUT2D eigenvalue weighted by atomic mass is 9.96. The Balaban J connectivity index is 1.74. The number of carbonyl (C=O) groups excluding carboxylic acids is 2. The molecular weight excluding hydrogens is 386 g/mol. The van der Waals surface area contributed by atoms with Crippen molar-refractivity contribution in [1.29, 1.82) is 5.26 Å². The van der Waals surface area contributed by atoms with E-state index < -0.39 is 5.92 Å². The van der Waals surface area contributed by atoms with E-state index in [4.69, 9.17) is 5.26 Å². The largest absolute Gasteiger partial charge is 0.307 e. The van der Waals surface area contributed by atoms with Gasteiger partial charge in [-0.3, -0.25) is 9.59 Å². The number of aromatic nitrogens is 2. The molecule has 2 amide bonds. The maximum absolute atomic E-state index is 12.5. The zero-order valence-electron chi connectivity index (χ0n) is 15.5. The number of nitrogens with zero attached hydrogens (tertiary/aromatic N) is 3. The molecule has 0 saturated carbocycles. The van der Waals surface area contributed by atoms with Crippen LogP contribution in [0.2, 0.25) is 0 Å². The Hall–Kier alpha value is -3.83. The maximum atomic E-state index is 12.5. The van der Waals surface area contributed by atoms with Gasteiger partial charge in [-0.1, -0.05) is 42.2 Å². The van der Waals surface area contributed by atoms with Gasteiger partial charge in [-0.25, -0.2) is 9.97 Å². The van der Waals surface area contributed by atoms with Crippen molar-refractivity contribution >= 4 is 34.1 Å². The van der Waals surface area contributed by atoms with Gasteiger partial charge in [0.05, 0.1) is 12.1 Å². The second-order valence-corrected chi connectivity index (χ2v) is 7.13. The summed E-state index contributed by atoms with van der Waals surface area (Å²) in [5.41, 5.74) is 2.59. The molecule has 2 N–H and O–H groups in total. The zero-order valence-corrected chi connectivity index (χ0v) is 16.4. The van der Waals surface area contributed by atoms with Gasteiger partial charge in [-0.15, -0.1) is 0 Å². The van der Waals surface area contributed by atoms with Gasteiger partial charge >= 0.3 is 0 Å². The highest BCUT2D eigenvalue weighted by atomic mass is 32.1. The van der Waals surface area contributed by atoms with Gasteiger partial charge in [0.2, 0.25) is 11.8 Å². The first-order valence-electron chi connectivity index (χ1n) is 8.66. The minimum absolute atomic E-state index is 0.207. The summed E-state index contributed by atoms with van der Waals surface area (Å²) in [4.78, 5) is 32.6. The van der Waals surface area contributed by atoms with E-state index in [9.17, 15) is 9.59 Å².